The molecule has 2 amide bonds. The van der Waals surface area contributed by atoms with Gasteiger partial charge in [0.1, 0.15) is 5.52 Å². The summed E-state index contributed by atoms with van der Waals surface area (Å²) in [5.74, 6) is -0.554. The van der Waals surface area contributed by atoms with Gasteiger partial charge in [0.05, 0.1) is 18.5 Å². The first kappa shape index (κ1) is 16.6. The number of carbonyl (C=O) groups is 2. The number of aryl methyl sites for hydroxylation is 1. The zero-order chi connectivity index (χ0) is 16.7. The summed E-state index contributed by atoms with van der Waals surface area (Å²) >= 11 is 0. The Bertz CT molecular complexity index is 756. The van der Waals surface area contributed by atoms with Crippen LogP contribution in [0.2, 0.25) is 0 Å². The lowest BCUT2D eigenvalue weighted by atomic mass is 10.2. The summed E-state index contributed by atoms with van der Waals surface area (Å²) in [4.78, 5) is 35.3. The van der Waals surface area contributed by atoms with Crippen molar-refractivity contribution in [1.82, 2.24) is 25.6 Å². The third-order valence-electron chi connectivity index (χ3n) is 3.20. The topological polar surface area (TPSA) is 106 Å². The fraction of sp³-hybridized carbons (Fsp3) is 0.400. The minimum atomic E-state index is -0.321. The third kappa shape index (κ3) is 4.60. The molecule has 0 aliphatic rings. The van der Waals surface area contributed by atoms with Crippen molar-refractivity contribution >= 4 is 22.7 Å². The van der Waals surface area contributed by atoms with Gasteiger partial charge in [0, 0.05) is 13.0 Å². The van der Waals surface area contributed by atoms with Crippen molar-refractivity contribution in [3.05, 3.63) is 34.6 Å². The van der Waals surface area contributed by atoms with Crippen molar-refractivity contribution in [2.75, 3.05) is 13.1 Å². The Kier molecular flexibility index (Phi) is 5.79. The van der Waals surface area contributed by atoms with Crippen LogP contribution < -0.4 is 16.2 Å². The van der Waals surface area contributed by atoms with E-state index in [0.29, 0.717) is 17.4 Å². The molecule has 23 heavy (non-hydrogen) atoms. The number of aromatic nitrogens is 3. The zero-order valence-corrected chi connectivity index (χ0v) is 12.9. The molecule has 8 nitrogen and oxygen atoms in total. The molecule has 0 atom stereocenters. The van der Waals surface area contributed by atoms with Gasteiger partial charge in [-0.3, -0.25) is 14.4 Å². The Labute approximate surface area is 132 Å². The molecule has 0 spiro atoms. The van der Waals surface area contributed by atoms with E-state index in [2.05, 4.69) is 20.9 Å². The normalized spacial score (nSPS) is 10.5. The van der Waals surface area contributed by atoms with E-state index in [0.717, 1.165) is 11.1 Å². The molecule has 2 rings (SSSR count). The van der Waals surface area contributed by atoms with Crippen LogP contribution >= 0.6 is 0 Å². The van der Waals surface area contributed by atoms with Crippen LogP contribution in [-0.2, 0) is 16.1 Å². The molecule has 0 aliphatic carbocycles. The van der Waals surface area contributed by atoms with E-state index in [-0.39, 0.29) is 36.9 Å². The lowest BCUT2D eigenvalue weighted by Crippen LogP contribution is -2.37. The number of nitrogens with zero attached hydrogens (tertiary/aromatic N) is 3. The Hall–Kier alpha value is -2.77. The molecule has 1 heterocycles. The summed E-state index contributed by atoms with van der Waals surface area (Å²) in [6.07, 6.45) is 0.886. The van der Waals surface area contributed by atoms with Gasteiger partial charge in [-0.2, -0.15) is 0 Å². The molecule has 0 radical (unpaired) electrons. The molecule has 0 unspecified atom stereocenters. The number of benzene rings is 1. The summed E-state index contributed by atoms with van der Waals surface area (Å²) < 4.78 is 1.15. The van der Waals surface area contributed by atoms with Gasteiger partial charge < -0.3 is 10.6 Å². The zero-order valence-electron chi connectivity index (χ0n) is 12.9. The van der Waals surface area contributed by atoms with Gasteiger partial charge in [-0.15, -0.1) is 5.10 Å². The number of nitrogens with one attached hydrogen (secondary N) is 2. The molecule has 122 valence electrons. The molecule has 8 heteroatoms. The van der Waals surface area contributed by atoms with Crippen LogP contribution in [0.4, 0.5) is 0 Å². The number of amides is 2. The first-order valence-corrected chi connectivity index (χ1v) is 7.47. The second-order valence-corrected chi connectivity index (χ2v) is 5.01. The minimum Gasteiger partial charge on any atom is -0.355 e. The Morgan fingerprint density at radius 3 is 2.74 bits per heavy atom. The highest BCUT2D eigenvalue weighted by molar-refractivity contribution is 5.84. The molecule has 0 bridgehead atoms. The van der Waals surface area contributed by atoms with Crippen LogP contribution in [0.25, 0.3) is 10.9 Å². The van der Waals surface area contributed by atoms with Gasteiger partial charge in [0.15, 0.2) is 0 Å². The van der Waals surface area contributed by atoms with Crippen molar-refractivity contribution in [2.24, 2.45) is 0 Å². The van der Waals surface area contributed by atoms with Crippen molar-refractivity contribution in [3.8, 4) is 0 Å². The number of rotatable bonds is 7. The van der Waals surface area contributed by atoms with Gasteiger partial charge in [0.25, 0.3) is 5.56 Å². The minimum absolute atomic E-state index is 0.0496. The largest absolute Gasteiger partial charge is 0.355 e. The summed E-state index contributed by atoms with van der Waals surface area (Å²) in [6, 6.07) is 6.89. The van der Waals surface area contributed by atoms with Crippen molar-refractivity contribution < 1.29 is 9.59 Å². The Balaban J connectivity index is 1.88. The summed E-state index contributed by atoms with van der Waals surface area (Å²) in [5, 5.41) is 13.4. The van der Waals surface area contributed by atoms with E-state index in [9.17, 15) is 14.4 Å². The summed E-state index contributed by atoms with van der Waals surface area (Å²) in [7, 11) is 0. The van der Waals surface area contributed by atoms with E-state index in [1.54, 1.807) is 24.3 Å². The Morgan fingerprint density at radius 1 is 1.17 bits per heavy atom. The fourth-order valence-electron chi connectivity index (χ4n) is 1.97. The highest BCUT2D eigenvalue weighted by Crippen LogP contribution is 2.03. The number of hydrogen-bond acceptors (Lipinski definition) is 5. The van der Waals surface area contributed by atoms with Gasteiger partial charge >= 0.3 is 0 Å². The van der Waals surface area contributed by atoms with Crippen molar-refractivity contribution in [2.45, 2.75) is 26.3 Å². The van der Waals surface area contributed by atoms with Gasteiger partial charge in [-0.1, -0.05) is 24.3 Å². The van der Waals surface area contributed by atoms with Gasteiger partial charge in [-0.25, -0.2) is 4.68 Å². The van der Waals surface area contributed by atoms with Gasteiger partial charge in [0.2, 0.25) is 11.8 Å². The van der Waals surface area contributed by atoms with E-state index < -0.39 is 0 Å². The second-order valence-electron chi connectivity index (χ2n) is 5.01. The first-order valence-electron chi connectivity index (χ1n) is 7.47. The summed E-state index contributed by atoms with van der Waals surface area (Å²) in [6.45, 7) is 2.56. The highest BCUT2D eigenvalue weighted by atomic mass is 16.2. The molecular weight excluding hydrogens is 298 g/mol. The molecule has 2 aromatic rings. The van der Waals surface area contributed by atoms with E-state index >= 15 is 0 Å². The smallest absolute Gasteiger partial charge is 0.277 e. The molecule has 1 aromatic heterocycles. The highest BCUT2D eigenvalue weighted by Gasteiger charge is 2.08. The third-order valence-corrected chi connectivity index (χ3v) is 3.20. The first-order chi connectivity index (χ1) is 11.1. The number of carbonyl (C=O) groups excluding carboxylic acids is 2. The lowest BCUT2D eigenvalue weighted by molar-refractivity contribution is -0.126. The standard InChI is InChI=1S/C15H19N5O3/c1-2-8-16-14(22)10-17-13(21)7-9-20-15(23)11-5-3-4-6-12(11)18-19-20/h3-6H,2,7-10H2,1H3,(H,16,22)(H,17,21). The molecule has 0 aliphatic heterocycles. The maximum Gasteiger partial charge on any atom is 0.277 e. The van der Waals surface area contributed by atoms with E-state index in [1.165, 1.54) is 0 Å². The SMILES string of the molecule is CCCNC(=O)CNC(=O)CCn1nnc2ccccc2c1=O. The monoisotopic (exact) mass is 317 g/mol. The fourth-order valence-corrected chi connectivity index (χ4v) is 1.97. The van der Waals surface area contributed by atoms with Crippen molar-refractivity contribution in [3.63, 3.8) is 0 Å². The van der Waals surface area contributed by atoms with Crippen molar-refractivity contribution in [1.29, 1.82) is 0 Å². The second kappa shape index (κ2) is 8.02. The molecule has 2 N–H and O–H groups in total. The van der Waals surface area contributed by atoms with Crippen LogP contribution in [0, 0.1) is 0 Å². The van der Waals surface area contributed by atoms with Gasteiger partial charge in [-0.05, 0) is 18.6 Å². The van der Waals surface area contributed by atoms with E-state index in [4.69, 9.17) is 0 Å². The quantitative estimate of drug-likeness (QED) is 0.737. The Morgan fingerprint density at radius 2 is 1.96 bits per heavy atom. The average molecular weight is 317 g/mol. The molecule has 1 aromatic carbocycles. The van der Waals surface area contributed by atoms with Crippen LogP contribution in [0.15, 0.2) is 29.1 Å². The van der Waals surface area contributed by atoms with Crippen LogP contribution in [0.5, 0.6) is 0 Å². The molecule has 0 saturated carbocycles. The number of fused-ring (bicyclic) bond motifs is 1. The maximum atomic E-state index is 12.2. The lowest BCUT2D eigenvalue weighted by Gasteiger charge is -2.07. The summed E-state index contributed by atoms with van der Waals surface area (Å²) in [5.41, 5.74) is 0.231. The molecular formula is C15H19N5O3. The van der Waals surface area contributed by atoms with E-state index in [1.807, 2.05) is 6.92 Å². The van der Waals surface area contributed by atoms with Crippen LogP contribution in [0.3, 0.4) is 0 Å². The van der Waals surface area contributed by atoms with Crippen LogP contribution in [0.1, 0.15) is 19.8 Å². The average Bonchev–Trinajstić information content (AvgIpc) is 2.57. The predicted octanol–water partition coefficient (Wildman–Crippen LogP) is -0.176. The van der Waals surface area contributed by atoms with Crippen LogP contribution in [-0.4, -0.2) is 39.9 Å². The number of hydrogen-bond donors (Lipinski definition) is 2. The maximum absolute atomic E-state index is 12.2. The predicted molar refractivity (Wildman–Crippen MR) is 84.7 cm³/mol. The molecule has 0 saturated heterocycles. The molecule has 0 fully saturated rings.